The van der Waals surface area contributed by atoms with Gasteiger partial charge in [-0.1, -0.05) is 29.5 Å². The Hall–Kier alpha value is -3.39. The van der Waals surface area contributed by atoms with Crippen LogP contribution in [0.2, 0.25) is 0 Å². The molecule has 0 fully saturated rings. The molecule has 0 saturated heterocycles. The second-order valence-corrected chi connectivity index (χ2v) is 7.51. The molecule has 8 heteroatoms. The van der Waals surface area contributed by atoms with E-state index in [-0.39, 0.29) is 6.61 Å². The van der Waals surface area contributed by atoms with Gasteiger partial charge in [0.15, 0.2) is 0 Å². The van der Waals surface area contributed by atoms with Gasteiger partial charge in [-0.15, -0.1) is 0 Å². The van der Waals surface area contributed by atoms with Crippen LogP contribution in [0.4, 0.5) is 9.80 Å². The van der Waals surface area contributed by atoms with Crippen LogP contribution in [0.25, 0.3) is 21.6 Å². The first-order chi connectivity index (χ1) is 14.0. The Morgan fingerprint density at radius 2 is 2.07 bits per heavy atom. The third-order valence-corrected chi connectivity index (χ3v) is 5.62. The number of carbonyl (C=O) groups excluding carboxylic acids is 1. The number of nitrogens with one attached hydrogen (secondary N) is 1. The van der Waals surface area contributed by atoms with Gasteiger partial charge in [-0.05, 0) is 36.8 Å². The van der Waals surface area contributed by atoms with Crippen LogP contribution in [0.1, 0.15) is 11.3 Å². The van der Waals surface area contributed by atoms with Gasteiger partial charge in [-0.25, -0.2) is 14.8 Å². The summed E-state index contributed by atoms with van der Waals surface area (Å²) < 4.78 is 12.7. The molecule has 0 aliphatic carbocycles. The van der Waals surface area contributed by atoms with Crippen LogP contribution in [0.3, 0.4) is 0 Å². The Labute approximate surface area is 171 Å². The standard InChI is InChI=1S/C21H20N4O3S/c1-13-19(29-20(23-13)15-6-4-5-7-18(15)27-3)24-21(26)28-11-14-8-9-17-16(10-14)22-12-25(17)2/h4-10,12H,11H2,1-3H3,(H,24,26). The Morgan fingerprint density at radius 3 is 2.90 bits per heavy atom. The maximum absolute atomic E-state index is 12.3. The molecule has 148 valence electrons. The zero-order valence-electron chi connectivity index (χ0n) is 16.3. The number of thiazole rings is 1. The Morgan fingerprint density at radius 1 is 1.24 bits per heavy atom. The number of aryl methyl sites for hydroxylation is 2. The molecule has 2 aromatic heterocycles. The molecule has 4 aromatic rings. The van der Waals surface area contributed by atoms with Crippen LogP contribution in [0.15, 0.2) is 48.8 Å². The average Bonchev–Trinajstić information content (AvgIpc) is 3.28. The van der Waals surface area contributed by atoms with Gasteiger partial charge in [0.2, 0.25) is 0 Å². The predicted molar refractivity (Wildman–Crippen MR) is 113 cm³/mol. The van der Waals surface area contributed by atoms with Gasteiger partial charge >= 0.3 is 6.09 Å². The summed E-state index contributed by atoms with van der Waals surface area (Å²) in [6, 6.07) is 13.5. The number of hydrogen-bond donors (Lipinski definition) is 1. The van der Waals surface area contributed by atoms with Crippen molar-refractivity contribution in [3.05, 3.63) is 60.0 Å². The summed E-state index contributed by atoms with van der Waals surface area (Å²) >= 11 is 1.38. The van der Waals surface area contributed by atoms with Crippen molar-refractivity contribution in [3.8, 4) is 16.3 Å². The van der Waals surface area contributed by atoms with Gasteiger partial charge in [0, 0.05) is 7.05 Å². The molecule has 0 saturated carbocycles. The number of carbonyl (C=O) groups is 1. The normalized spacial score (nSPS) is 10.9. The van der Waals surface area contributed by atoms with Gasteiger partial charge in [-0.2, -0.15) is 0 Å². The number of anilines is 1. The van der Waals surface area contributed by atoms with Gasteiger partial charge in [0.05, 0.1) is 35.7 Å². The van der Waals surface area contributed by atoms with Crippen molar-refractivity contribution < 1.29 is 14.3 Å². The van der Waals surface area contributed by atoms with Crippen molar-refractivity contribution in [2.24, 2.45) is 7.05 Å². The molecule has 0 aliphatic rings. The number of para-hydroxylation sites is 1. The molecule has 1 amide bonds. The predicted octanol–water partition coefficient (Wildman–Crippen LogP) is 4.76. The van der Waals surface area contributed by atoms with E-state index in [2.05, 4.69) is 15.3 Å². The highest BCUT2D eigenvalue weighted by molar-refractivity contribution is 7.19. The molecule has 0 spiro atoms. The summed E-state index contributed by atoms with van der Waals surface area (Å²) in [5.41, 5.74) is 4.38. The second-order valence-electron chi connectivity index (χ2n) is 6.51. The third kappa shape index (κ3) is 3.93. The molecule has 0 radical (unpaired) electrons. The smallest absolute Gasteiger partial charge is 0.412 e. The molecule has 0 atom stereocenters. The number of benzene rings is 2. The van der Waals surface area contributed by atoms with Crippen molar-refractivity contribution >= 4 is 33.5 Å². The van der Waals surface area contributed by atoms with Crippen molar-refractivity contribution in [1.82, 2.24) is 14.5 Å². The Balaban J connectivity index is 1.43. The lowest BCUT2D eigenvalue weighted by atomic mass is 10.2. The zero-order valence-corrected chi connectivity index (χ0v) is 17.1. The van der Waals surface area contributed by atoms with Crippen LogP contribution in [0, 0.1) is 6.92 Å². The number of aromatic nitrogens is 3. The van der Waals surface area contributed by atoms with Crippen molar-refractivity contribution in [2.75, 3.05) is 12.4 Å². The van der Waals surface area contributed by atoms with Crippen LogP contribution in [0.5, 0.6) is 5.75 Å². The fourth-order valence-corrected chi connectivity index (χ4v) is 3.98. The minimum Gasteiger partial charge on any atom is -0.496 e. The number of ether oxygens (including phenoxy) is 2. The lowest BCUT2D eigenvalue weighted by Gasteiger charge is -2.06. The minimum absolute atomic E-state index is 0.162. The Kier molecular flexibility index (Phi) is 5.18. The highest BCUT2D eigenvalue weighted by Crippen LogP contribution is 2.36. The lowest BCUT2D eigenvalue weighted by molar-refractivity contribution is 0.155. The highest BCUT2D eigenvalue weighted by Gasteiger charge is 2.15. The average molecular weight is 408 g/mol. The highest BCUT2D eigenvalue weighted by atomic mass is 32.1. The molecule has 0 unspecified atom stereocenters. The van der Waals surface area contributed by atoms with Crippen LogP contribution >= 0.6 is 11.3 Å². The fourth-order valence-electron chi connectivity index (χ4n) is 3.00. The van der Waals surface area contributed by atoms with E-state index >= 15 is 0 Å². The zero-order chi connectivity index (χ0) is 20.4. The maximum Gasteiger partial charge on any atom is 0.412 e. The number of methoxy groups -OCH3 is 1. The van der Waals surface area contributed by atoms with E-state index in [1.165, 1.54) is 11.3 Å². The molecule has 7 nitrogen and oxygen atoms in total. The molecule has 29 heavy (non-hydrogen) atoms. The number of rotatable bonds is 5. The first kappa shape index (κ1) is 18.9. The first-order valence-corrected chi connectivity index (χ1v) is 9.81. The van der Waals surface area contributed by atoms with Gasteiger partial charge in [0.25, 0.3) is 0 Å². The summed E-state index contributed by atoms with van der Waals surface area (Å²) in [4.78, 5) is 21.2. The minimum atomic E-state index is -0.524. The van der Waals surface area contributed by atoms with Crippen molar-refractivity contribution in [1.29, 1.82) is 0 Å². The summed E-state index contributed by atoms with van der Waals surface area (Å²) in [6.07, 6.45) is 1.23. The number of hydrogen-bond acceptors (Lipinski definition) is 6. The molecule has 0 bridgehead atoms. The molecular weight excluding hydrogens is 388 g/mol. The summed E-state index contributed by atoms with van der Waals surface area (Å²) in [5.74, 6) is 0.736. The molecule has 2 heterocycles. The van der Waals surface area contributed by atoms with E-state index < -0.39 is 6.09 Å². The number of amides is 1. The SMILES string of the molecule is COc1ccccc1-c1nc(C)c(NC(=O)OCc2ccc3c(c2)ncn3C)s1. The van der Waals surface area contributed by atoms with E-state index in [0.29, 0.717) is 5.00 Å². The largest absolute Gasteiger partial charge is 0.496 e. The van der Waals surface area contributed by atoms with E-state index in [4.69, 9.17) is 9.47 Å². The molecular formula is C21H20N4O3S. The van der Waals surface area contributed by atoms with E-state index in [9.17, 15) is 4.79 Å². The maximum atomic E-state index is 12.3. The quantitative estimate of drug-likeness (QED) is 0.515. The molecule has 4 rings (SSSR count). The summed E-state index contributed by atoms with van der Waals surface area (Å²) in [7, 11) is 3.56. The Bertz CT molecular complexity index is 1180. The van der Waals surface area contributed by atoms with Crippen LogP contribution < -0.4 is 10.1 Å². The molecule has 0 aliphatic heterocycles. The van der Waals surface area contributed by atoms with E-state index in [1.54, 1.807) is 13.4 Å². The second kappa shape index (κ2) is 7.92. The van der Waals surface area contributed by atoms with Crippen LogP contribution in [-0.2, 0) is 18.4 Å². The molecule has 1 N–H and O–H groups in total. The van der Waals surface area contributed by atoms with E-state index in [1.807, 2.05) is 61.0 Å². The van der Waals surface area contributed by atoms with E-state index in [0.717, 1.165) is 38.6 Å². The lowest BCUT2D eigenvalue weighted by Crippen LogP contribution is -2.13. The van der Waals surface area contributed by atoms with Gasteiger partial charge in [0.1, 0.15) is 22.4 Å². The third-order valence-electron chi connectivity index (χ3n) is 4.51. The van der Waals surface area contributed by atoms with Gasteiger partial charge in [-0.3, -0.25) is 5.32 Å². The van der Waals surface area contributed by atoms with Crippen molar-refractivity contribution in [2.45, 2.75) is 13.5 Å². The van der Waals surface area contributed by atoms with Crippen LogP contribution in [-0.4, -0.2) is 27.7 Å². The number of imidazole rings is 1. The van der Waals surface area contributed by atoms with Gasteiger partial charge < -0.3 is 14.0 Å². The number of nitrogens with zero attached hydrogens (tertiary/aromatic N) is 3. The number of fused-ring (bicyclic) bond motifs is 1. The van der Waals surface area contributed by atoms with Crippen molar-refractivity contribution in [3.63, 3.8) is 0 Å². The monoisotopic (exact) mass is 408 g/mol. The first-order valence-electron chi connectivity index (χ1n) is 8.99. The summed E-state index contributed by atoms with van der Waals surface area (Å²) in [6.45, 7) is 2.01. The topological polar surface area (TPSA) is 78.3 Å². The molecule has 2 aromatic carbocycles. The fraction of sp³-hybridized carbons (Fsp3) is 0.190. The summed E-state index contributed by atoms with van der Waals surface area (Å²) in [5, 5.41) is 4.21.